The number of anilines is 1. The zero-order chi connectivity index (χ0) is 17.7. The van der Waals surface area contributed by atoms with Crippen molar-refractivity contribution in [2.45, 2.75) is 37.8 Å². The molecule has 0 saturated carbocycles. The van der Waals surface area contributed by atoms with Crippen molar-refractivity contribution in [2.75, 3.05) is 31.6 Å². The summed E-state index contributed by atoms with van der Waals surface area (Å²) < 4.78 is 32.0. The van der Waals surface area contributed by atoms with Crippen LogP contribution in [0.4, 0.5) is 5.69 Å². The van der Waals surface area contributed by atoms with Crippen LogP contribution in [0.1, 0.15) is 20.8 Å². The summed E-state index contributed by atoms with van der Waals surface area (Å²) in [5.74, 6) is -0.0807. The van der Waals surface area contributed by atoms with Crippen molar-refractivity contribution in [1.29, 1.82) is 0 Å². The molecule has 0 unspecified atom stereocenters. The highest BCUT2D eigenvalue weighted by Gasteiger charge is 2.27. The van der Waals surface area contributed by atoms with Crippen molar-refractivity contribution in [3.8, 4) is 0 Å². The normalized spacial score (nSPS) is 17.7. The van der Waals surface area contributed by atoms with Crippen LogP contribution in [0.5, 0.6) is 0 Å². The van der Waals surface area contributed by atoms with Gasteiger partial charge < -0.3 is 15.0 Å². The largest absolute Gasteiger partial charge is 0.370 e. The number of quaternary nitrogens is 1. The number of morpholine rings is 1. The summed E-state index contributed by atoms with van der Waals surface area (Å²) in [6.45, 7) is 8.38. The SMILES string of the molecule is CC(C)NS(=O)(=O)c1ccc(NC(=O)[C@@H](C)[NH+]2CCOCC2)cc1. The van der Waals surface area contributed by atoms with Gasteiger partial charge in [-0.05, 0) is 45.0 Å². The monoisotopic (exact) mass is 356 g/mol. The van der Waals surface area contributed by atoms with E-state index in [-0.39, 0.29) is 22.9 Å². The number of hydrogen-bond acceptors (Lipinski definition) is 4. The van der Waals surface area contributed by atoms with Gasteiger partial charge in [-0.1, -0.05) is 0 Å². The predicted molar refractivity (Wildman–Crippen MR) is 91.5 cm³/mol. The van der Waals surface area contributed by atoms with E-state index in [1.54, 1.807) is 26.0 Å². The number of ether oxygens (including phenoxy) is 1. The van der Waals surface area contributed by atoms with Gasteiger partial charge in [0, 0.05) is 11.7 Å². The zero-order valence-electron chi connectivity index (χ0n) is 14.3. The summed E-state index contributed by atoms with van der Waals surface area (Å²) in [7, 11) is -3.52. The maximum atomic E-state index is 12.3. The minimum absolute atomic E-state index is 0.0807. The van der Waals surface area contributed by atoms with Gasteiger partial charge in [0.05, 0.1) is 18.1 Å². The summed E-state index contributed by atoms with van der Waals surface area (Å²) in [6, 6.07) is 5.84. The second-order valence-electron chi connectivity index (χ2n) is 6.28. The van der Waals surface area contributed by atoms with Crippen LogP contribution in [0.25, 0.3) is 0 Å². The molecule has 0 spiro atoms. The number of benzene rings is 1. The van der Waals surface area contributed by atoms with E-state index in [0.29, 0.717) is 18.9 Å². The fourth-order valence-corrected chi connectivity index (χ4v) is 3.85. The molecule has 1 amide bonds. The molecular formula is C16H26N3O4S+. The molecule has 1 aliphatic rings. The molecule has 0 aliphatic carbocycles. The second-order valence-corrected chi connectivity index (χ2v) is 8.00. The number of carbonyl (C=O) groups excluding carboxylic acids is 1. The number of carbonyl (C=O) groups is 1. The third-order valence-electron chi connectivity index (χ3n) is 3.96. The molecule has 1 saturated heterocycles. The van der Waals surface area contributed by atoms with Gasteiger partial charge >= 0.3 is 0 Å². The van der Waals surface area contributed by atoms with Gasteiger partial charge in [-0.15, -0.1) is 0 Å². The van der Waals surface area contributed by atoms with E-state index >= 15 is 0 Å². The molecule has 0 aromatic heterocycles. The number of hydrogen-bond donors (Lipinski definition) is 3. The Morgan fingerprint density at radius 3 is 2.25 bits per heavy atom. The third kappa shape index (κ3) is 5.01. The fourth-order valence-electron chi connectivity index (χ4n) is 2.60. The van der Waals surface area contributed by atoms with E-state index in [1.807, 2.05) is 6.92 Å². The average molecular weight is 356 g/mol. The van der Waals surface area contributed by atoms with Crippen molar-refractivity contribution in [3.05, 3.63) is 24.3 Å². The smallest absolute Gasteiger partial charge is 0.282 e. The summed E-state index contributed by atoms with van der Waals surface area (Å²) in [5, 5.41) is 2.84. The van der Waals surface area contributed by atoms with Crippen LogP contribution in [0.3, 0.4) is 0 Å². The Labute approximate surface area is 143 Å². The van der Waals surface area contributed by atoms with Crippen LogP contribution < -0.4 is 14.9 Å². The lowest BCUT2D eigenvalue weighted by Gasteiger charge is -2.28. The van der Waals surface area contributed by atoms with Crippen LogP contribution >= 0.6 is 0 Å². The van der Waals surface area contributed by atoms with Gasteiger partial charge in [0.1, 0.15) is 13.1 Å². The Morgan fingerprint density at radius 1 is 1.12 bits per heavy atom. The van der Waals surface area contributed by atoms with Crippen LogP contribution in [-0.4, -0.2) is 52.7 Å². The Balaban J connectivity index is 1.99. The Hall–Kier alpha value is -1.48. The molecule has 1 aromatic rings. The number of sulfonamides is 1. The van der Waals surface area contributed by atoms with E-state index in [2.05, 4.69) is 10.0 Å². The second kappa shape index (κ2) is 8.06. The maximum Gasteiger partial charge on any atom is 0.282 e. The Kier molecular flexibility index (Phi) is 6.34. The van der Waals surface area contributed by atoms with Crippen molar-refractivity contribution in [2.24, 2.45) is 0 Å². The Morgan fingerprint density at radius 2 is 1.71 bits per heavy atom. The molecule has 24 heavy (non-hydrogen) atoms. The van der Waals surface area contributed by atoms with Crippen molar-refractivity contribution < 1.29 is 22.8 Å². The first kappa shape index (κ1) is 18.9. The van der Waals surface area contributed by atoms with E-state index < -0.39 is 10.0 Å². The van der Waals surface area contributed by atoms with Crippen LogP contribution in [-0.2, 0) is 19.6 Å². The van der Waals surface area contributed by atoms with Crippen LogP contribution in [0.2, 0.25) is 0 Å². The molecule has 1 aromatic carbocycles. The average Bonchev–Trinajstić information content (AvgIpc) is 2.54. The minimum atomic E-state index is -3.52. The Bertz CT molecular complexity index is 652. The predicted octanol–water partition coefficient (Wildman–Crippen LogP) is -0.385. The summed E-state index contributed by atoms with van der Waals surface area (Å²) in [5.41, 5.74) is 0.586. The summed E-state index contributed by atoms with van der Waals surface area (Å²) in [6.07, 6.45) is 0. The first-order valence-electron chi connectivity index (χ1n) is 8.15. The van der Waals surface area contributed by atoms with Gasteiger partial charge in [0.15, 0.2) is 6.04 Å². The molecule has 1 aliphatic heterocycles. The number of amides is 1. The van der Waals surface area contributed by atoms with Gasteiger partial charge in [0.2, 0.25) is 10.0 Å². The fraction of sp³-hybridized carbons (Fsp3) is 0.562. The number of nitrogens with one attached hydrogen (secondary N) is 3. The molecule has 0 bridgehead atoms. The first-order chi connectivity index (χ1) is 11.3. The van der Waals surface area contributed by atoms with Crippen LogP contribution in [0, 0.1) is 0 Å². The molecular weight excluding hydrogens is 330 g/mol. The van der Waals surface area contributed by atoms with E-state index in [4.69, 9.17) is 4.74 Å². The standard InChI is InChI=1S/C16H25N3O4S/c1-12(2)18-24(21,22)15-6-4-14(5-7-15)17-16(20)13(3)19-8-10-23-11-9-19/h4-7,12-13,18H,8-11H2,1-3H3,(H,17,20)/p+1/t13-/m1/s1. The van der Waals surface area contributed by atoms with E-state index in [1.165, 1.54) is 17.0 Å². The van der Waals surface area contributed by atoms with E-state index in [9.17, 15) is 13.2 Å². The zero-order valence-corrected chi connectivity index (χ0v) is 15.2. The summed E-state index contributed by atoms with van der Waals surface area (Å²) >= 11 is 0. The lowest BCUT2D eigenvalue weighted by molar-refractivity contribution is -0.921. The highest BCUT2D eigenvalue weighted by molar-refractivity contribution is 7.89. The topological polar surface area (TPSA) is 88.9 Å². The molecule has 2 rings (SSSR count). The minimum Gasteiger partial charge on any atom is -0.370 e. The van der Waals surface area contributed by atoms with Crippen molar-refractivity contribution >= 4 is 21.6 Å². The third-order valence-corrected chi connectivity index (χ3v) is 5.64. The van der Waals surface area contributed by atoms with E-state index in [0.717, 1.165) is 13.1 Å². The van der Waals surface area contributed by atoms with Gasteiger partial charge in [-0.2, -0.15) is 0 Å². The lowest BCUT2D eigenvalue weighted by atomic mass is 10.2. The van der Waals surface area contributed by atoms with Gasteiger partial charge in [-0.3, -0.25) is 4.79 Å². The molecule has 8 heteroatoms. The summed E-state index contributed by atoms with van der Waals surface area (Å²) in [4.78, 5) is 13.7. The van der Waals surface area contributed by atoms with Crippen molar-refractivity contribution in [1.82, 2.24) is 4.72 Å². The quantitative estimate of drug-likeness (QED) is 0.648. The van der Waals surface area contributed by atoms with Crippen molar-refractivity contribution in [3.63, 3.8) is 0 Å². The van der Waals surface area contributed by atoms with Gasteiger partial charge in [0.25, 0.3) is 5.91 Å². The molecule has 134 valence electrons. The maximum absolute atomic E-state index is 12.3. The highest BCUT2D eigenvalue weighted by atomic mass is 32.2. The molecule has 1 fully saturated rings. The molecule has 7 nitrogen and oxygen atoms in total. The molecule has 1 heterocycles. The molecule has 3 N–H and O–H groups in total. The molecule has 1 atom stereocenters. The first-order valence-corrected chi connectivity index (χ1v) is 9.63. The molecule has 0 radical (unpaired) electrons. The highest BCUT2D eigenvalue weighted by Crippen LogP contribution is 2.14. The van der Waals surface area contributed by atoms with Crippen LogP contribution in [0.15, 0.2) is 29.2 Å². The number of rotatable bonds is 6. The van der Waals surface area contributed by atoms with Gasteiger partial charge in [-0.25, -0.2) is 13.1 Å². The lowest BCUT2D eigenvalue weighted by Crippen LogP contribution is -3.18.